The molecule has 23 heavy (non-hydrogen) atoms. The van der Waals surface area contributed by atoms with Gasteiger partial charge in [-0.3, -0.25) is 4.79 Å². The highest BCUT2D eigenvalue weighted by Crippen LogP contribution is 2.15. The van der Waals surface area contributed by atoms with Crippen LogP contribution in [0.25, 0.3) is 0 Å². The van der Waals surface area contributed by atoms with Crippen LogP contribution in [0.3, 0.4) is 0 Å². The minimum Gasteiger partial charge on any atom is -0.494 e. The number of anilines is 1. The Morgan fingerprint density at radius 2 is 1.83 bits per heavy atom. The number of nitrogens with one attached hydrogen (secondary N) is 1. The van der Waals surface area contributed by atoms with E-state index in [0.717, 1.165) is 11.3 Å². The van der Waals surface area contributed by atoms with Gasteiger partial charge in [0.25, 0.3) is 5.91 Å². The number of hydrogen-bond donors (Lipinski definition) is 2. The molecule has 0 atom stereocenters. The summed E-state index contributed by atoms with van der Waals surface area (Å²) < 4.78 is 5.33. The van der Waals surface area contributed by atoms with Crippen LogP contribution in [-0.4, -0.2) is 25.0 Å². The van der Waals surface area contributed by atoms with Gasteiger partial charge in [-0.1, -0.05) is 35.5 Å². The summed E-state index contributed by atoms with van der Waals surface area (Å²) in [6.45, 7) is 2.29. The summed E-state index contributed by atoms with van der Waals surface area (Å²) in [5.41, 5.74) is 7.15. The molecule has 120 valence electrons. The molecule has 0 aliphatic heterocycles. The van der Waals surface area contributed by atoms with Gasteiger partial charge in [-0.25, -0.2) is 0 Å². The van der Waals surface area contributed by atoms with Crippen LogP contribution in [0, 0.1) is 0 Å². The molecule has 0 radical (unpaired) electrons. The van der Waals surface area contributed by atoms with Crippen molar-refractivity contribution in [3.05, 3.63) is 60.2 Å². The number of benzene rings is 2. The molecule has 0 fully saturated rings. The molecule has 2 aromatic rings. The highest BCUT2D eigenvalue weighted by atomic mass is 16.6. The minimum atomic E-state index is -0.321. The van der Waals surface area contributed by atoms with E-state index in [0.29, 0.717) is 12.3 Å². The summed E-state index contributed by atoms with van der Waals surface area (Å²) in [5.74, 6) is 0.653. The van der Waals surface area contributed by atoms with E-state index in [2.05, 4.69) is 10.5 Å². The largest absolute Gasteiger partial charge is 0.494 e. The van der Waals surface area contributed by atoms with Crippen molar-refractivity contribution in [2.45, 2.75) is 6.92 Å². The summed E-state index contributed by atoms with van der Waals surface area (Å²) in [6.07, 6.45) is 0. The first-order valence-corrected chi connectivity index (χ1v) is 7.22. The van der Waals surface area contributed by atoms with Crippen molar-refractivity contribution in [2.24, 2.45) is 10.9 Å². The number of amidine groups is 1. The van der Waals surface area contributed by atoms with Gasteiger partial charge >= 0.3 is 0 Å². The van der Waals surface area contributed by atoms with E-state index in [1.165, 1.54) is 0 Å². The molecular formula is C17H19N3O3. The zero-order chi connectivity index (χ0) is 16.5. The highest BCUT2D eigenvalue weighted by molar-refractivity contribution is 5.97. The summed E-state index contributed by atoms with van der Waals surface area (Å²) in [5, 5.41) is 6.42. The van der Waals surface area contributed by atoms with Gasteiger partial charge in [0, 0.05) is 11.3 Å². The van der Waals surface area contributed by atoms with E-state index < -0.39 is 0 Å². The monoisotopic (exact) mass is 313 g/mol. The Morgan fingerprint density at radius 3 is 2.48 bits per heavy atom. The second-order valence-corrected chi connectivity index (χ2v) is 4.62. The second kappa shape index (κ2) is 8.43. The fraction of sp³-hybridized carbons (Fsp3) is 0.176. The Hall–Kier alpha value is -3.02. The summed E-state index contributed by atoms with van der Waals surface area (Å²) in [7, 11) is 0. The number of rotatable bonds is 7. The molecule has 1 amide bonds. The number of nitrogens with zero attached hydrogens (tertiary/aromatic N) is 1. The third-order valence-electron chi connectivity index (χ3n) is 2.88. The van der Waals surface area contributed by atoms with Crippen LogP contribution >= 0.6 is 0 Å². The van der Waals surface area contributed by atoms with Gasteiger partial charge in [-0.15, -0.1) is 0 Å². The van der Waals surface area contributed by atoms with Crippen LogP contribution in [0.5, 0.6) is 5.75 Å². The maximum absolute atomic E-state index is 11.8. The van der Waals surface area contributed by atoms with Crippen molar-refractivity contribution in [1.29, 1.82) is 0 Å². The Bertz CT molecular complexity index is 655. The van der Waals surface area contributed by atoms with E-state index in [9.17, 15) is 4.79 Å². The number of oxime groups is 1. The zero-order valence-corrected chi connectivity index (χ0v) is 12.9. The number of nitrogens with two attached hydrogens (primary N) is 1. The van der Waals surface area contributed by atoms with E-state index in [-0.39, 0.29) is 18.3 Å². The number of hydrogen-bond acceptors (Lipinski definition) is 4. The first-order chi connectivity index (χ1) is 11.2. The van der Waals surface area contributed by atoms with Gasteiger partial charge in [-0.05, 0) is 31.2 Å². The van der Waals surface area contributed by atoms with Gasteiger partial charge in [0.15, 0.2) is 12.4 Å². The summed E-state index contributed by atoms with van der Waals surface area (Å²) in [4.78, 5) is 16.7. The molecule has 0 aliphatic rings. The van der Waals surface area contributed by atoms with Gasteiger partial charge < -0.3 is 20.6 Å². The standard InChI is InChI=1S/C17H19N3O3/c1-2-22-15-10-8-14(9-11-15)19-16(21)12-23-20-17(18)13-6-4-3-5-7-13/h3-11H,2,12H2,1H3,(H2,18,20)(H,19,21). The van der Waals surface area contributed by atoms with Crippen molar-refractivity contribution in [3.63, 3.8) is 0 Å². The fourth-order valence-electron chi connectivity index (χ4n) is 1.82. The molecule has 0 unspecified atom stereocenters. The maximum atomic E-state index is 11.8. The molecule has 0 spiro atoms. The molecule has 0 heterocycles. The predicted octanol–water partition coefficient (Wildman–Crippen LogP) is 2.36. The molecule has 0 aliphatic carbocycles. The van der Waals surface area contributed by atoms with Gasteiger partial charge in [0.1, 0.15) is 5.75 Å². The molecule has 3 N–H and O–H groups in total. The number of ether oxygens (including phenoxy) is 1. The Labute approximate surface area is 134 Å². The lowest BCUT2D eigenvalue weighted by molar-refractivity contribution is -0.120. The van der Waals surface area contributed by atoms with Crippen molar-refractivity contribution >= 4 is 17.4 Å². The topological polar surface area (TPSA) is 85.9 Å². The normalized spacial score (nSPS) is 10.9. The van der Waals surface area contributed by atoms with Crippen molar-refractivity contribution in [3.8, 4) is 5.75 Å². The quantitative estimate of drug-likeness (QED) is 0.467. The molecule has 0 bridgehead atoms. The molecular weight excluding hydrogens is 294 g/mol. The third kappa shape index (κ3) is 5.35. The minimum absolute atomic E-state index is 0.221. The molecule has 0 saturated heterocycles. The summed E-state index contributed by atoms with van der Waals surface area (Å²) >= 11 is 0. The average molecular weight is 313 g/mol. The number of amides is 1. The maximum Gasteiger partial charge on any atom is 0.265 e. The lowest BCUT2D eigenvalue weighted by atomic mass is 10.2. The van der Waals surface area contributed by atoms with Crippen LogP contribution in [0.4, 0.5) is 5.69 Å². The van der Waals surface area contributed by atoms with Crippen LogP contribution in [0.15, 0.2) is 59.8 Å². The first kappa shape index (κ1) is 16.4. The lowest BCUT2D eigenvalue weighted by Crippen LogP contribution is -2.19. The van der Waals surface area contributed by atoms with Crippen LogP contribution < -0.4 is 15.8 Å². The molecule has 6 nitrogen and oxygen atoms in total. The van der Waals surface area contributed by atoms with Crippen molar-refractivity contribution in [2.75, 3.05) is 18.5 Å². The molecule has 0 saturated carbocycles. The van der Waals surface area contributed by atoms with Crippen molar-refractivity contribution in [1.82, 2.24) is 0 Å². The second-order valence-electron chi connectivity index (χ2n) is 4.62. The van der Waals surface area contributed by atoms with Crippen molar-refractivity contribution < 1.29 is 14.4 Å². The average Bonchev–Trinajstić information content (AvgIpc) is 2.57. The molecule has 6 heteroatoms. The zero-order valence-electron chi connectivity index (χ0n) is 12.9. The van der Waals surface area contributed by atoms with Crippen LogP contribution in [0.1, 0.15) is 12.5 Å². The van der Waals surface area contributed by atoms with Crippen LogP contribution in [0.2, 0.25) is 0 Å². The summed E-state index contributed by atoms with van der Waals surface area (Å²) in [6, 6.07) is 16.3. The van der Waals surface area contributed by atoms with Gasteiger partial charge in [0.2, 0.25) is 0 Å². The van der Waals surface area contributed by atoms with E-state index >= 15 is 0 Å². The Balaban J connectivity index is 1.81. The van der Waals surface area contributed by atoms with Gasteiger partial charge in [0.05, 0.1) is 6.61 Å². The predicted molar refractivity (Wildman–Crippen MR) is 89.4 cm³/mol. The molecule has 2 rings (SSSR count). The number of carbonyl (C=O) groups is 1. The fourth-order valence-corrected chi connectivity index (χ4v) is 1.82. The SMILES string of the molecule is CCOc1ccc(NC(=O)CO/N=C(/N)c2ccccc2)cc1. The van der Waals surface area contributed by atoms with E-state index in [4.69, 9.17) is 15.3 Å². The van der Waals surface area contributed by atoms with Crippen LogP contribution in [-0.2, 0) is 9.63 Å². The Morgan fingerprint density at radius 1 is 1.13 bits per heavy atom. The highest BCUT2D eigenvalue weighted by Gasteiger charge is 2.04. The van der Waals surface area contributed by atoms with E-state index in [1.807, 2.05) is 37.3 Å². The molecule has 2 aromatic carbocycles. The lowest BCUT2D eigenvalue weighted by Gasteiger charge is -2.07. The Kier molecular flexibility index (Phi) is 5.99. The third-order valence-corrected chi connectivity index (χ3v) is 2.88. The first-order valence-electron chi connectivity index (χ1n) is 7.22. The van der Waals surface area contributed by atoms with E-state index in [1.54, 1.807) is 24.3 Å². The smallest absolute Gasteiger partial charge is 0.265 e. The van der Waals surface area contributed by atoms with Gasteiger partial charge in [-0.2, -0.15) is 0 Å². The number of carbonyl (C=O) groups excluding carboxylic acids is 1. The molecule has 0 aromatic heterocycles.